The first-order chi connectivity index (χ1) is 10.0. The minimum absolute atomic E-state index is 0.161. The fourth-order valence-corrected chi connectivity index (χ4v) is 1.86. The van der Waals surface area contributed by atoms with Crippen LogP contribution in [0.2, 0.25) is 0 Å². The highest BCUT2D eigenvalue weighted by atomic mass is 16.2. The van der Waals surface area contributed by atoms with Crippen LogP contribution in [-0.2, 0) is 0 Å². The van der Waals surface area contributed by atoms with Crippen molar-refractivity contribution in [1.29, 1.82) is 0 Å². The summed E-state index contributed by atoms with van der Waals surface area (Å²) in [5.74, 6) is 0.629. The number of hydrogen-bond donors (Lipinski definition) is 1. The topological polar surface area (TPSA) is 71.0 Å². The largest absolute Gasteiger partial charge is 0.385 e. The molecule has 1 N–H and O–H groups in total. The Kier molecular flexibility index (Phi) is 4.47. The molecular formula is C15H19N5O. The quantitative estimate of drug-likeness (QED) is 0.933. The number of rotatable bonds is 4. The zero-order valence-corrected chi connectivity index (χ0v) is 12.7. The van der Waals surface area contributed by atoms with Gasteiger partial charge in [0.25, 0.3) is 5.91 Å². The van der Waals surface area contributed by atoms with Crippen molar-refractivity contribution < 1.29 is 4.79 Å². The Morgan fingerprint density at radius 2 is 1.95 bits per heavy atom. The average molecular weight is 285 g/mol. The Labute approximate surface area is 124 Å². The molecule has 110 valence electrons. The first-order valence-corrected chi connectivity index (χ1v) is 6.77. The normalized spacial score (nSPS) is 10.5. The van der Waals surface area contributed by atoms with Crippen molar-refractivity contribution >= 4 is 17.3 Å². The van der Waals surface area contributed by atoms with E-state index in [0.717, 1.165) is 5.69 Å². The van der Waals surface area contributed by atoms with Gasteiger partial charge < -0.3 is 10.2 Å². The predicted octanol–water partition coefficient (Wildman–Crippen LogP) is 2.31. The van der Waals surface area contributed by atoms with Crippen molar-refractivity contribution in [2.75, 3.05) is 24.3 Å². The van der Waals surface area contributed by atoms with Crippen LogP contribution in [0.15, 0.2) is 30.7 Å². The first-order valence-electron chi connectivity index (χ1n) is 6.77. The van der Waals surface area contributed by atoms with Crippen LogP contribution in [0.25, 0.3) is 0 Å². The SMILES string of the molecule is CNc1cnc(C(C)C)nc1C(=O)N(C)c1ccncc1. The number of amides is 1. The Morgan fingerprint density at radius 3 is 2.52 bits per heavy atom. The van der Waals surface area contributed by atoms with E-state index in [-0.39, 0.29) is 11.8 Å². The van der Waals surface area contributed by atoms with E-state index in [1.807, 2.05) is 13.8 Å². The van der Waals surface area contributed by atoms with Gasteiger partial charge in [-0.3, -0.25) is 9.78 Å². The molecule has 0 saturated heterocycles. The summed E-state index contributed by atoms with van der Waals surface area (Å²) in [5, 5.41) is 2.96. The fraction of sp³-hybridized carbons (Fsp3) is 0.333. The fourth-order valence-electron chi connectivity index (χ4n) is 1.86. The molecule has 2 heterocycles. The molecule has 6 nitrogen and oxygen atoms in total. The van der Waals surface area contributed by atoms with Crippen LogP contribution in [0.3, 0.4) is 0 Å². The Hall–Kier alpha value is -2.50. The van der Waals surface area contributed by atoms with Gasteiger partial charge in [-0.2, -0.15) is 0 Å². The van der Waals surface area contributed by atoms with Crippen molar-refractivity contribution in [2.24, 2.45) is 0 Å². The number of nitrogens with zero attached hydrogens (tertiary/aromatic N) is 4. The standard InChI is InChI=1S/C15H19N5O/c1-10(2)14-18-9-12(16-3)13(19-14)15(21)20(4)11-5-7-17-8-6-11/h5-10,16H,1-4H3. The molecule has 0 atom stereocenters. The molecule has 1 amide bonds. The third-order valence-corrected chi connectivity index (χ3v) is 3.15. The molecule has 0 fully saturated rings. The minimum Gasteiger partial charge on any atom is -0.385 e. The van der Waals surface area contributed by atoms with E-state index in [4.69, 9.17) is 0 Å². The molecule has 2 aromatic rings. The van der Waals surface area contributed by atoms with Crippen molar-refractivity contribution in [3.63, 3.8) is 0 Å². The van der Waals surface area contributed by atoms with Gasteiger partial charge in [0, 0.05) is 38.1 Å². The minimum atomic E-state index is -0.185. The number of anilines is 2. The maximum absolute atomic E-state index is 12.7. The molecule has 0 aliphatic heterocycles. The highest BCUT2D eigenvalue weighted by Crippen LogP contribution is 2.20. The summed E-state index contributed by atoms with van der Waals surface area (Å²) in [4.78, 5) is 26.9. The van der Waals surface area contributed by atoms with E-state index < -0.39 is 0 Å². The zero-order chi connectivity index (χ0) is 15.4. The highest BCUT2D eigenvalue weighted by Gasteiger charge is 2.20. The summed E-state index contributed by atoms with van der Waals surface area (Å²) < 4.78 is 0. The smallest absolute Gasteiger partial charge is 0.278 e. The van der Waals surface area contributed by atoms with Crippen molar-refractivity contribution in [3.05, 3.63) is 42.2 Å². The van der Waals surface area contributed by atoms with Gasteiger partial charge in [-0.25, -0.2) is 9.97 Å². The van der Waals surface area contributed by atoms with Gasteiger partial charge in [-0.05, 0) is 12.1 Å². The Balaban J connectivity index is 2.40. The summed E-state index contributed by atoms with van der Waals surface area (Å²) in [6.07, 6.45) is 4.95. The molecule has 2 aromatic heterocycles. The molecule has 0 aromatic carbocycles. The molecule has 0 radical (unpaired) electrons. The molecule has 6 heteroatoms. The molecular weight excluding hydrogens is 266 g/mol. The van der Waals surface area contributed by atoms with Gasteiger partial charge in [0.1, 0.15) is 5.82 Å². The van der Waals surface area contributed by atoms with Crippen molar-refractivity contribution in [1.82, 2.24) is 15.0 Å². The number of pyridine rings is 1. The number of hydrogen-bond acceptors (Lipinski definition) is 5. The number of nitrogens with one attached hydrogen (secondary N) is 1. The van der Waals surface area contributed by atoms with Crippen LogP contribution in [0.5, 0.6) is 0 Å². The van der Waals surface area contributed by atoms with E-state index in [1.54, 1.807) is 49.7 Å². The monoisotopic (exact) mass is 285 g/mol. The lowest BCUT2D eigenvalue weighted by Crippen LogP contribution is -2.28. The summed E-state index contributed by atoms with van der Waals surface area (Å²) in [7, 11) is 3.46. The van der Waals surface area contributed by atoms with Crippen molar-refractivity contribution in [2.45, 2.75) is 19.8 Å². The lowest BCUT2D eigenvalue weighted by atomic mass is 10.2. The van der Waals surface area contributed by atoms with Crippen LogP contribution in [0.1, 0.15) is 36.1 Å². The van der Waals surface area contributed by atoms with Crippen LogP contribution in [0.4, 0.5) is 11.4 Å². The van der Waals surface area contributed by atoms with Crippen LogP contribution >= 0.6 is 0 Å². The second-order valence-electron chi connectivity index (χ2n) is 4.96. The average Bonchev–Trinajstić information content (AvgIpc) is 2.53. The van der Waals surface area contributed by atoms with E-state index in [9.17, 15) is 4.79 Å². The Morgan fingerprint density at radius 1 is 1.29 bits per heavy atom. The molecule has 0 aliphatic rings. The molecule has 0 aliphatic carbocycles. The van der Waals surface area contributed by atoms with E-state index >= 15 is 0 Å². The van der Waals surface area contributed by atoms with Crippen LogP contribution in [0, 0.1) is 0 Å². The molecule has 0 unspecified atom stereocenters. The van der Waals surface area contributed by atoms with Gasteiger partial charge in [0.05, 0.1) is 11.9 Å². The predicted molar refractivity (Wildman–Crippen MR) is 82.6 cm³/mol. The van der Waals surface area contributed by atoms with Gasteiger partial charge in [-0.1, -0.05) is 13.8 Å². The molecule has 0 saturated carbocycles. The summed E-state index contributed by atoms with van der Waals surface area (Å²) in [6, 6.07) is 3.56. The highest BCUT2D eigenvalue weighted by molar-refractivity contribution is 6.07. The van der Waals surface area contributed by atoms with Gasteiger partial charge in [0.15, 0.2) is 5.69 Å². The summed E-state index contributed by atoms with van der Waals surface area (Å²) >= 11 is 0. The lowest BCUT2D eigenvalue weighted by molar-refractivity contribution is 0.0988. The summed E-state index contributed by atoms with van der Waals surface area (Å²) in [6.45, 7) is 3.99. The van der Waals surface area contributed by atoms with Gasteiger partial charge in [-0.15, -0.1) is 0 Å². The van der Waals surface area contributed by atoms with E-state index in [1.165, 1.54) is 0 Å². The van der Waals surface area contributed by atoms with Crippen LogP contribution in [-0.4, -0.2) is 35.0 Å². The first kappa shape index (κ1) is 14.9. The number of carbonyl (C=O) groups excluding carboxylic acids is 1. The molecule has 2 rings (SSSR count). The zero-order valence-electron chi connectivity index (χ0n) is 12.7. The third-order valence-electron chi connectivity index (χ3n) is 3.15. The second-order valence-corrected chi connectivity index (χ2v) is 4.96. The maximum atomic E-state index is 12.7. The van der Waals surface area contributed by atoms with Crippen molar-refractivity contribution in [3.8, 4) is 0 Å². The third kappa shape index (κ3) is 3.16. The van der Waals surface area contributed by atoms with Gasteiger partial charge >= 0.3 is 0 Å². The number of aromatic nitrogens is 3. The second kappa shape index (κ2) is 6.30. The molecule has 0 spiro atoms. The molecule has 0 bridgehead atoms. The molecule has 21 heavy (non-hydrogen) atoms. The van der Waals surface area contributed by atoms with E-state index in [2.05, 4.69) is 20.3 Å². The maximum Gasteiger partial charge on any atom is 0.278 e. The van der Waals surface area contributed by atoms with E-state index in [0.29, 0.717) is 17.2 Å². The van der Waals surface area contributed by atoms with Gasteiger partial charge in [0.2, 0.25) is 0 Å². The van der Waals surface area contributed by atoms with Crippen LogP contribution < -0.4 is 10.2 Å². The lowest BCUT2D eigenvalue weighted by Gasteiger charge is -2.18. The number of carbonyl (C=O) groups is 1. The summed E-state index contributed by atoms with van der Waals surface area (Å²) in [5.41, 5.74) is 1.75. The Bertz CT molecular complexity index is 627.